The summed E-state index contributed by atoms with van der Waals surface area (Å²) < 4.78 is 75.8. The van der Waals surface area contributed by atoms with Crippen molar-refractivity contribution >= 4 is 17.3 Å². The van der Waals surface area contributed by atoms with Crippen LogP contribution >= 0.6 is 0 Å². The maximum atomic E-state index is 13.5. The van der Waals surface area contributed by atoms with Gasteiger partial charge in [-0.1, -0.05) is 6.07 Å². The molecule has 1 amide bonds. The van der Waals surface area contributed by atoms with Crippen molar-refractivity contribution in [2.45, 2.75) is 44.1 Å². The monoisotopic (exact) mass is 564 g/mol. The lowest BCUT2D eigenvalue weighted by atomic mass is 10.1. The number of nitrogens with one attached hydrogen (secondary N) is 2. The number of aliphatic hydroxyl groups excluding tert-OH is 1. The molecule has 2 aromatic carbocycles. The number of anilines is 2. The van der Waals surface area contributed by atoms with Gasteiger partial charge in [-0.25, -0.2) is 8.78 Å². The topological polar surface area (TPSA) is 96.0 Å². The number of morpholine rings is 1. The Bertz CT molecular complexity index is 1370. The van der Waals surface area contributed by atoms with Gasteiger partial charge in [0.15, 0.2) is 12.0 Å². The molecule has 40 heavy (non-hydrogen) atoms. The first kappa shape index (κ1) is 27.7. The maximum absolute atomic E-state index is 13.5. The molecule has 13 heteroatoms. The Balaban J connectivity index is 1.31. The zero-order chi connectivity index (χ0) is 28.6. The Labute approximate surface area is 225 Å². The third kappa shape index (κ3) is 6.32. The van der Waals surface area contributed by atoms with Crippen LogP contribution < -0.4 is 15.4 Å². The van der Waals surface area contributed by atoms with E-state index in [0.717, 1.165) is 30.7 Å². The summed E-state index contributed by atoms with van der Waals surface area (Å²) in [6.45, 7) is 2.72. The smallest absolute Gasteiger partial charge is 0.404 e. The van der Waals surface area contributed by atoms with Gasteiger partial charge in [0.05, 0.1) is 30.1 Å². The molecule has 2 aliphatic heterocycles. The Morgan fingerprint density at radius 3 is 2.50 bits per heavy atom. The Hall–Kier alpha value is -3.81. The van der Waals surface area contributed by atoms with Crippen molar-refractivity contribution in [2.75, 3.05) is 23.8 Å². The van der Waals surface area contributed by atoms with Crippen LogP contribution in [0.3, 0.4) is 0 Å². The molecule has 0 radical (unpaired) electrons. The van der Waals surface area contributed by atoms with Crippen molar-refractivity contribution in [1.82, 2.24) is 9.88 Å². The minimum atomic E-state index is -5.00. The van der Waals surface area contributed by atoms with Crippen LogP contribution in [-0.2, 0) is 9.53 Å². The first-order valence-electron chi connectivity index (χ1n) is 12.4. The van der Waals surface area contributed by atoms with E-state index in [4.69, 9.17) is 4.74 Å². The first-order valence-corrected chi connectivity index (χ1v) is 12.4. The van der Waals surface area contributed by atoms with Crippen molar-refractivity contribution in [3.8, 4) is 17.0 Å². The van der Waals surface area contributed by atoms with E-state index in [9.17, 15) is 31.9 Å². The number of hydrogen-bond donors (Lipinski definition) is 3. The summed E-state index contributed by atoms with van der Waals surface area (Å²) in [6.07, 6.45) is -4.23. The van der Waals surface area contributed by atoms with E-state index in [2.05, 4.69) is 20.4 Å². The zero-order valence-corrected chi connectivity index (χ0v) is 21.1. The van der Waals surface area contributed by atoms with Crippen LogP contribution in [0.4, 0.5) is 33.3 Å². The molecule has 3 heterocycles. The largest absolute Gasteiger partial charge is 0.573 e. The van der Waals surface area contributed by atoms with Crippen LogP contribution in [-0.4, -0.2) is 58.6 Å². The summed E-state index contributed by atoms with van der Waals surface area (Å²) in [5.41, 5.74) is 0.667. The highest BCUT2D eigenvalue weighted by molar-refractivity contribution is 5.96. The second kappa shape index (κ2) is 11.0. The summed E-state index contributed by atoms with van der Waals surface area (Å²) in [7, 11) is 0. The van der Waals surface area contributed by atoms with Gasteiger partial charge in [-0.2, -0.15) is 0 Å². The van der Waals surface area contributed by atoms with Crippen LogP contribution in [0, 0.1) is 11.6 Å². The first-order chi connectivity index (χ1) is 18.9. The van der Waals surface area contributed by atoms with Gasteiger partial charge in [0.1, 0.15) is 11.6 Å². The van der Waals surface area contributed by atoms with Crippen LogP contribution in [0.1, 0.15) is 25.1 Å². The number of nitrogens with zero attached hydrogens (tertiary/aromatic N) is 2. The van der Waals surface area contributed by atoms with Gasteiger partial charge in [-0.05, 0) is 49.7 Å². The molecule has 0 saturated carbocycles. The number of halogens is 5. The standard InChI is InChI=1S/C27H25F5N4O4/c1-14(36-12-21-10-20(36)13-39-21)25(37)35-23-9-19(3-5-24(23)40-27(30,31)32)34-26(38)15-2-4-22(33-11-15)16-6-17(28)8-18(29)7-16/h2-9,11,14,20-21,26,34,38H,10,12-13H2,1H3,(H,35,37)/t14?,20-,21-,26?/m0/s1. The molecule has 2 unspecified atom stereocenters. The summed E-state index contributed by atoms with van der Waals surface area (Å²) in [5.74, 6) is -2.67. The fourth-order valence-electron chi connectivity index (χ4n) is 4.90. The highest BCUT2D eigenvalue weighted by Crippen LogP contribution is 2.35. The Morgan fingerprint density at radius 2 is 1.90 bits per heavy atom. The maximum Gasteiger partial charge on any atom is 0.573 e. The molecule has 212 valence electrons. The molecular weight excluding hydrogens is 539 g/mol. The second-order valence-electron chi connectivity index (χ2n) is 9.65. The van der Waals surface area contributed by atoms with Crippen molar-refractivity contribution in [2.24, 2.45) is 0 Å². The summed E-state index contributed by atoms with van der Waals surface area (Å²) >= 11 is 0. The number of amides is 1. The molecule has 2 saturated heterocycles. The number of aliphatic hydroxyl groups is 1. The predicted molar refractivity (Wildman–Crippen MR) is 134 cm³/mol. The minimum Gasteiger partial charge on any atom is -0.404 e. The lowest BCUT2D eigenvalue weighted by molar-refractivity contribution is -0.274. The van der Waals surface area contributed by atoms with Gasteiger partial charge in [-0.15, -0.1) is 13.2 Å². The van der Waals surface area contributed by atoms with Gasteiger partial charge < -0.3 is 25.2 Å². The van der Waals surface area contributed by atoms with Gasteiger partial charge in [0.25, 0.3) is 0 Å². The van der Waals surface area contributed by atoms with E-state index in [1.165, 1.54) is 30.5 Å². The number of hydrogen-bond acceptors (Lipinski definition) is 7. The van der Waals surface area contributed by atoms with Crippen LogP contribution in [0.25, 0.3) is 11.3 Å². The van der Waals surface area contributed by atoms with E-state index in [-0.39, 0.29) is 40.3 Å². The van der Waals surface area contributed by atoms with E-state index in [0.29, 0.717) is 13.2 Å². The Morgan fingerprint density at radius 1 is 1.15 bits per heavy atom. The molecule has 8 nitrogen and oxygen atoms in total. The molecule has 0 spiro atoms. The van der Waals surface area contributed by atoms with Crippen LogP contribution in [0.15, 0.2) is 54.7 Å². The number of aromatic nitrogens is 1. The molecule has 2 bridgehead atoms. The SMILES string of the molecule is CC(C(=O)Nc1cc(NC(O)c2ccc(-c3cc(F)cc(F)c3)nc2)ccc1OC(F)(F)F)N1C[C@@H]2C[C@H]1CO2. The molecule has 5 rings (SSSR count). The second-order valence-corrected chi connectivity index (χ2v) is 9.65. The van der Waals surface area contributed by atoms with Crippen LogP contribution in [0.5, 0.6) is 5.75 Å². The average Bonchev–Trinajstić information content (AvgIpc) is 3.52. The minimum absolute atomic E-state index is 0.0389. The fraction of sp³-hybridized carbons (Fsp3) is 0.333. The average molecular weight is 565 g/mol. The number of pyridine rings is 1. The third-order valence-electron chi connectivity index (χ3n) is 6.85. The molecule has 0 aliphatic carbocycles. The Kier molecular flexibility index (Phi) is 7.62. The molecule has 4 atom stereocenters. The zero-order valence-electron chi connectivity index (χ0n) is 21.1. The number of alkyl halides is 3. The van der Waals surface area contributed by atoms with Crippen LogP contribution in [0.2, 0.25) is 0 Å². The quantitative estimate of drug-likeness (QED) is 0.267. The van der Waals surface area contributed by atoms with Crippen molar-refractivity contribution in [3.63, 3.8) is 0 Å². The van der Waals surface area contributed by atoms with E-state index < -0.39 is 41.9 Å². The molecule has 3 aromatic rings. The molecular formula is C27H25F5N4O4. The summed E-state index contributed by atoms with van der Waals surface area (Å²) in [6, 6.07) is 8.82. The molecule has 1 aromatic heterocycles. The predicted octanol–water partition coefficient (Wildman–Crippen LogP) is 4.83. The van der Waals surface area contributed by atoms with Crippen molar-refractivity contribution in [1.29, 1.82) is 0 Å². The van der Waals surface area contributed by atoms with Gasteiger partial charge in [0, 0.05) is 41.7 Å². The van der Waals surface area contributed by atoms with Gasteiger partial charge in [0.2, 0.25) is 5.91 Å². The fourth-order valence-corrected chi connectivity index (χ4v) is 4.90. The number of likely N-dealkylation sites (tertiary alicyclic amines) is 1. The van der Waals surface area contributed by atoms with Crippen molar-refractivity contribution < 1.29 is 41.3 Å². The number of carbonyl (C=O) groups excluding carboxylic acids is 1. The number of ether oxygens (including phenoxy) is 2. The molecule has 3 N–H and O–H groups in total. The number of rotatable bonds is 8. The van der Waals surface area contributed by atoms with Crippen molar-refractivity contribution in [3.05, 3.63) is 71.9 Å². The normalized spacial score (nSPS) is 20.3. The van der Waals surface area contributed by atoms with E-state index in [1.54, 1.807) is 6.92 Å². The third-order valence-corrected chi connectivity index (χ3v) is 6.85. The highest BCUT2D eigenvalue weighted by Gasteiger charge is 2.43. The molecule has 2 fully saturated rings. The van der Waals surface area contributed by atoms with Gasteiger partial charge in [-0.3, -0.25) is 14.7 Å². The number of carbonyl (C=O) groups is 1. The number of benzene rings is 2. The highest BCUT2D eigenvalue weighted by atomic mass is 19.4. The van der Waals surface area contributed by atoms with Gasteiger partial charge >= 0.3 is 6.36 Å². The lowest BCUT2D eigenvalue weighted by Crippen LogP contribution is -2.48. The van der Waals surface area contributed by atoms with E-state index >= 15 is 0 Å². The molecule has 2 aliphatic rings. The number of fused-ring (bicyclic) bond motifs is 2. The lowest BCUT2D eigenvalue weighted by Gasteiger charge is -2.31. The van der Waals surface area contributed by atoms with E-state index in [1.807, 2.05) is 4.90 Å². The summed E-state index contributed by atoms with van der Waals surface area (Å²) in [4.78, 5) is 19.1. The summed E-state index contributed by atoms with van der Waals surface area (Å²) in [5, 5.41) is 15.9.